The molecule has 0 spiro atoms. The van der Waals surface area contributed by atoms with Crippen LogP contribution in [0.3, 0.4) is 0 Å². The molecule has 1 aliphatic heterocycles. The van der Waals surface area contributed by atoms with Crippen LogP contribution in [0.4, 0.5) is 0 Å². The van der Waals surface area contributed by atoms with Crippen LogP contribution in [0.15, 0.2) is 29.3 Å². The van der Waals surface area contributed by atoms with Gasteiger partial charge in [-0.15, -0.1) is 11.3 Å². The van der Waals surface area contributed by atoms with Crippen LogP contribution in [-0.2, 0) is 29.0 Å². The summed E-state index contributed by atoms with van der Waals surface area (Å²) >= 11 is 1.78. The van der Waals surface area contributed by atoms with Crippen LogP contribution in [0.25, 0.3) is 0 Å². The molecule has 0 atom stereocenters. The first-order valence-corrected chi connectivity index (χ1v) is 11.7. The number of aryl methyl sites for hydroxylation is 2. The van der Waals surface area contributed by atoms with Crippen molar-refractivity contribution in [3.05, 3.63) is 51.0 Å². The zero-order valence-corrected chi connectivity index (χ0v) is 19.2. The molecule has 0 aliphatic carbocycles. The van der Waals surface area contributed by atoms with Crippen molar-refractivity contribution in [2.24, 2.45) is 4.99 Å². The van der Waals surface area contributed by atoms with Gasteiger partial charge >= 0.3 is 0 Å². The van der Waals surface area contributed by atoms with Gasteiger partial charge in [0.05, 0.1) is 30.0 Å². The molecule has 2 N–H and O–H groups in total. The number of guanidine groups is 1. The number of aromatic nitrogens is 1. The molecule has 0 unspecified atom stereocenters. The van der Waals surface area contributed by atoms with Crippen LogP contribution in [-0.4, -0.2) is 43.4 Å². The second-order valence-corrected chi connectivity index (χ2v) is 8.85. The van der Waals surface area contributed by atoms with E-state index in [1.54, 1.807) is 11.3 Å². The molecule has 0 radical (unpaired) electrons. The monoisotopic (exact) mass is 430 g/mol. The van der Waals surface area contributed by atoms with Gasteiger partial charge in [-0.1, -0.05) is 24.3 Å². The average molecular weight is 431 g/mol. The molecule has 7 heteroatoms. The fourth-order valence-electron chi connectivity index (χ4n) is 3.32. The maximum absolute atomic E-state index is 6.05. The third-order valence-corrected chi connectivity index (χ3v) is 6.25. The lowest BCUT2D eigenvalue weighted by atomic mass is 10.1. The molecule has 1 aromatic heterocycles. The molecule has 1 saturated heterocycles. The lowest BCUT2D eigenvalue weighted by Crippen LogP contribution is -2.38. The number of ether oxygens (including phenoxy) is 2. The van der Waals surface area contributed by atoms with Crippen LogP contribution in [0, 0.1) is 13.8 Å². The lowest BCUT2D eigenvalue weighted by Gasteiger charge is -2.22. The Kier molecular flexibility index (Phi) is 9.11. The summed E-state index contributed by atoms with van der Waals surface area (Å²) in [6.07, 6.45) is 3.20. The Labute approximate surface area is 184 Å². The van der Waals surface area contributed by atoms with Gasteiger partial charge in [0, 0.05) is 37.6 Å². The Morgan fingerprint density at radius 3 is 2.77 bits per heavy atom. The molecule has 2 aromatic rings. The van der Waals surface area contributed by atoms with E-state index in [1.807, 2.05) is 0 Å². The van der Waals surface area contributed by atoms with Crippen LogP contribution < -0.4 is 10.6 Å². The highest BCUT2D eigenvalue weighted by Crippen LogP contribution is 2.16. The fourth-order valence-corrected chi connectivity index (χ4v) is 4.25. The fraction of sp³-hybridized carbons (Fsp3) is 0.565. The Hall–Kier alpha value is -1.96. The number of nitrogens with zero attached hydrogens (tertiary/aromatic N) is 2. The third kappa shape index (κ3) is 7.38. The summed E-state index contributed by atoms with van der Waals surface area (Å²) in [5.41, 5.74) is 3.52. The maximum Gasteiger partial charge on any atom is 0.191 e. The maximum atomic E-state index is 6.05. The van der Waals surface area contributed by atoms with Crippen molar-refractivity contribution in [1.29, 1.82) is 0 Å². The normalized spacial score (nSPS) is 15.4. The first-order valence-electron chi connectivity index (χ1n) is 10.9. The number of benzene rings is 1. The highest BCUT2D eigenvalue weighted by molar-refractivity contribution is 7.11. The average Bonchev–Trinajstić information content (AvgIpc) is 3.08. The van der Waals surface area contributed by atoms with Crippen molar-refractivity contribution in [1.82, 2.24) is 15.6 Å². The van der Waals surface area contributed by atoms with E-state index in [4.69, 9.17) is 14.5 Å². The summed E-state index contributed by atoms with van der Waals surface area (Å²) in [6, 6.07) is 8.51. The minimum Gasteiger partial charge on any atom is -0.381 e. The van der Waals surface area contributed by atoms with Gasteiger partial charge in [0.15, 0.2) is 5.96 Å². The van der Waals surface area contributed by atoms with E-state index in [2.05, 4.69) is 60.7 Å². The smallest absolute Gasteiger partial charge is 0.191 e. The number of nitrogens with one attached hydrogen (secondary N) is 2. The quantitative estimate of drug-likeness (QED) is 0.468. The minimum atomic E-state index is 0.315. The van der Waals surface area contributed by atoms with Gasteiger partial charge in [-0.2, -0.15) is 0 Å². The van der Waals surface area contributed by atoms with Crippen LogP contribution in [0.5, 0.6) is 0 Å². The van der Waals surface area contributed by atoms with Crippen molar-refractivity contribution in [2.75, 3.05) is 26.3 Å². The summed E-state index contributed by atoms with van der Waals surface area (Å²) in [4.78, 5) is 10.7. The Morgan fingerprint density at radius 2 is 2.03 bits per heavy atom. The van der Waals surface area contributed by atoms with Crippen LogP contribution in [0.1, 0.15) is 46.5 Å². The molecule has 0 bridgehead atoms. The third-order valence-electron chi connectivity index (χ3n) is 5.11. The molecule has 1 aromatic carbocycles. The number of aliphatic imine (C=N–C) groups is 1. The standard InChI is InChI=1S/C23H34N4O2S/c1-4-24-23(25-11-8-22-27-17(2)18(3)30-22)26-15-19-6-5-7-20(14-19)16-29-21-9-12-28-13-10-21/h5-7,14,21H,4,8-13,15-16H2,1-3H3,(H2,24,25,26). The topological polar surface area (TPSA) is 67.8 Å². The molecule has 30 heavy (non-hydrogen) atoms. The molecule has 3 rings (SSSR count). The van der Waals surface area contributed by atoms with E-state index in [-0.39, 0.29) is 0 Å². The lowest BCUT2D eigenvalue weighted by molar-refractivity contribution is -0.0390. The summed E-state index contributed by atoms with van der Waals surface area (Å²) in [6.45, 7) is 10.8. The molecular formula is C23H34N4O2S. The Bertz CT molecular complexity index is 796. The Balaban J connectivity index is 1.49. The molecule has 0 amide bonds. The van der Waals surface area contributed by atoms with Crippen molar-refractivity contribution in [3.8, 4) is 0 Å². The highest BCUT2D eigenvalue weighted by Gasteiger charge is 2.14. The van der Waals surface area contributed by atoms with E-state index in [9.17, 15) is 0 Å². The molecule has 6 nitrogen and oxygen atoms in total. The van der Waals surface area contributed by atoms with Crippen molar-refractivity contribution < 1.29 is 9.47 Å². The number of thiazole rings is 1. The summed E-state index contributed by atoms with van der Waals surface area (Å²) in [7, 11) is 0. The molecule has 164 valence electrons. The van der Waals surface area contributed by atoms with Gasteiger partial charge in [-0.05, 0) is 44.7 Å². The van der Waals surface area contributed by atoms with Crippen LogP contribution >= 0.6 is 11.3 Å². The van der Waals surface area contributed by atoms with Gasteiger partial charge in [0.25, 0.3) is 0 Å². The van der Waals surface area contributed by atoms with Crippen molar-refractivity contribution in [3.63, 3.8) is 0 Å². The summed E-state index contributed by atoms with van der Waals surface area (Å²) in [5, 5.41) is 7.92. The second kappa shape index (κ2) is 12.0. The van der Waals surface area contributed by atoms with Gasteiger partial charge in [0.1, 0.15) is 0 Å². The number of hydrogen-bond donors (Lipinski definition) is 2. The van der Waals surface area contributed by atoms with Gasteiger partial charge in [-0.3, -0.25) is 0 Å². The number of rotatable bonds is 9. The highest BCUT2D eigenvalue weighted by atomic mass is 32.1. The molecular weight excluding hydrogens is 396 g/mol. The largest absolute Gasteiger partial charge is 0.381 e. The SMILES string of the molecule is CCNC(=NCc1cccc(COC2CCOCC2)c1)NCCc1nc(C)c(C)s1. The minimum absolute atomic E-state index is 0.315. The zero-order chi connectivity index (χ0) is 21.2. The summed E-state index contributed by atoms with van der Waals surface area (Å²) in [5.74, 6) is 0.839. The van der Waals surface area contributed by atoms with E-state index < -0.39 is 0 Å². The van der Waals surface area contributed by atoms with Gasteiger partial charge in [0.2, 0.25) is 0 Å². The van der Waals surface area contributed by atoms with Crippen LogP contribution in [0.2, 0.25) is 0 Å². The summed E-state index contributed by atoms with van der Waals surface area (Å²) < 4.78 is 11.4. The molecule has 2 heterocycles. The predicted molar refractivity (Wildman–Crippen MR) is 123 cm³/mol. The predicted octanol–water partition coefficient (Wildman–Crippen LogP) is 3.75. The van der Waals surface area contributed by atoms with E-state index >= 15 is 0 Å². The van der Waals surface area contributed by atoms with Gasteiger partial charge < -0.3 is 20.1 Å². The van der Waals surface area contributed by atoms with Crippen molar-refractivity contribution in [2.45, 2.75) is 59.3 Å². The second-order valence-electron chi connectivity index (χ2n) is 7.56. The molecule has 0 saturated carbocycles. The molecule has 1 fully saturated rings. The van der Waals surface area contributed by atoms with E-state index in [1.165, 1.54) is 21.0 Å². The Morgan fingerprint density at radius 1 is 1.23 bits per heavy atom. The van der Waals surface area contributed by atoms with E-state index in [0.717, 1.165) is 57.2 Å². The first kappa shape index (κ1) is 22.7. The van der Waals surface area contributed by atoms with E-state index in [0.29, 0.717) is 19.3 Å². The first-order chi connectivity index (χ1) is 14.6. The molecule has 1 aliphatic rings. The zero-order valence-electron chi connectivity index (χ0n) is 18.4. The van der Waals surface area contributed by atoms with Crippen molar-refractivity contribution >= 4 is 17.3 Å². The van der Waals surface area contributed by atoms with Gasteiger partial charge in [-0.25, -0.2) is 9.98 Å². The number of hydrogen-bond acceptors (Lipinski definition) is 5.